The Morgan fingerprint density at radius 2 is 1.66 bits per heavy atom. The third-order valence-corrected chi connectivity index (χ3v) is 9.52. The van der Waals surface area contributed by atoms with Crippen molar-refractivity contribution in [1.82, 2.24) is 10.2 Å². The van der Waals surface area contributed by atoms with Gasteiger partial charge < -0.3 is 19.7 Å². The average molecular weight is 578 g/mol. The number of carbonyl (C=O) groups is 1. The lowest BCUT2D eigenvalue weighted by Crippen LogP contribution is -2.50. The molecule has 2 atom stereocenters. The van der Waals surface area contributed by atoms with Crippen LogP contribution in [0.2, 0.25) is 0 Å². The van der Waals surface area contributed by atoms with Gasteiger partial charge in [-0.2, -0.15) is 0 Å². The maximum absolute atomic E-state index is 13.6. The van der Waals surface area contributed by atoms with E-state index < -0.39 is 10.0 Å². The molecule has 0 aromatic heterocycles. The van der Waals surface area contributed by atoms with Crippen LogP contribution in [-0.4, -0.2) is 59.1 Å². The van der Waals surface area contributed by atoms with Crippen LogP contribution >= 0.6 is 0 Å². The van der Waals surface area contributed by atoms with E-state index in [-0.39, 0.29) is 22.8 Å². The van der Waals surface area contributed by atoms with Gasteiger partial charge in [0.25, 0.3) is 15.9 Å². The van der Waals surface area contributed by atoms with Gasteiger partial charge in [0.2, 0.25) is 0 Å². The maximum Gasteiger partial charge on any atom is 0.261 e. The van der Waals surface area contributed by atoms with E-state index in [0.717, 1.165) is 48.7 Å². The van der Waals surface area contributed by atoms with Gasteiger partial charge in [0.1, 0.15) is 0 Å². The zero-order chi connectivity index (χ0) is 29.1. The van der Waals surface area contributed by atoms with E-state index in [4.69, 9.17) is 9.47 Å². The fourth-order valence-electron chi connectivity index (χ4n) is 5.49. The fourth-order valence-corrected chi connectivity index (χ4v) is 6.61. The second kappa shape index (κ2) is 12.1. The summed E-state index contributed by atoms with van der Waals surface area (Å²) >= 11 is 0. The number of amides is 1. The number of hydrogen-bond acceptors (Lipinski definition) is 6. The van der Waals surface area contributed by atoms with E-state index in [9.17, 15) is 13.2 Å². The average Bonchev–Trinajstić information content (AvgIpc) is 3.78. The van der Waals surface area contributed by atoms with Crippen molar-refractivity contribution in [3.8, 4) is 11.5 Å². The van der Waals surface area contributed by atoms with Gasteiger partial charge in [-0.05, 0) is 86.6 Å². The first kappa shape index (κ1) is 29.0. The Morgan fingerprint density at radius 1 is 0.927 bits per heavy atom. The zero-order valence-corrected chi connectivity index (χ0v) is 25.0. The first-order valence-electron chi connectivity index (χ1n) is 14.1. The molecular weight excluding hydrogens is 538 g/mol. The minimum Gasteiger partial charge on any atom is -0.493 e. The van der Waals surface area contributed by atoms with E-state index >= 15 is 0 Å². The summed E-state index contributed by atoms with van der Waals surface area (Å²) in [6, 6.07) is 17.7. The molecule has 1 amide bonds. The number of methoxy groups -OCH3 is 2. The molecule has 0 radical (unpaired) electrons. The molecule has 0 unspecified atom stereocenters. The number of aryl methyl sites for hydroxylation is 2. The lowest BCUT2D eigenvalue weighted by atomic mass is 9.85. The van der Waals surface area contributed by atoms with Gasteiger partial charge in [0.15, 0.2) is 11.5 Å². The van der Waals surface area contributed by atoms with E-state index in [1.165, 1.54) is 12.8 Å². The van der Waals surface area contributed by atoms with Gasteiger partial charge >= 0.3 is 0 Å². The van der Waals surface area contributed by atoms with Crippen molar-refractivity contribution in [3.63, 3.8) is 0 Å². The normalized spacial score (nSPS) is 19.4. The smallest absolute Gasteiger partial charge is 0.261 e. The highest BCUT2D eigenvalue weighted by Gasteiger charge is 2.35. The second-order valence-electron chi connectivity index (χ2n) is 11.2. The Bertz CT molecular complexity index is 1500. The number of sulfonamides is 1. The van der Waals surface area contributed by atoms with Gasteiger partial charge in [-0.25, -0.2) is 8.42 Å². The number of nitrogens with one attached hydrogen (secondary N) is 2. The Labute approximate surface area is 243 Å². The van der Waals surface area contributed by atoms with Crippen LogP contribution in [0.3, 0.4) is 0 Å². The molecule has 2 N–H and O–H groups in total. The molecule has 5 rings (SSSR count). The third-order valence-electron chi connectivity index (χ3n) is 8.14. The molecule has 9 heteroatoms. The van der Waals surface area contributed by atoms with Crippen molar-refractivity contribution >= 4 is 21.6 Å². The van der Waals surface area contributed by atoms with Crippen LogP contribution in [-0.2, 0) is 10.0 Å². The molecule has 0 spiro atoms. The molecule has 1 saturated heterocycles. The molecular formula is C32H39N3O5S. The van der Waals surface area contributed by atoms with Crippen LogP contribution in [0.25, 0.3) is 0 Å². The van der Waals surface area contributed by atoms with Crippen LogP contribution in [0.4, 0.5) is 5.69 Å². The Hall–Kier alpha value is -3.56. The fraction of sp³-hybridized carbons (Fsp3) is 0.406. The topological polar surface area (TPSA) is 97.0 Å². The molecule has 1 aliphatic carbocycles. The van der Waals surface area contributed by atoms with Crippen LogP contribution in [0, 0.1) is 19.8 Å². The number of benzene rings is 3. The van der Waals surface area contributed by atoms with E-state index in [0.29, 0.717) is 22.7 Å². The van der Waals surface area contributed by atoms with Crippen molar-refractivity contribution < 1.29 is 22.7 Å². The number of ether oxygens (including phenoxy) is 2. The number of nitrogens with zero attached hydrogens (tertiary/aromatic N) is 1. The predicted molar refractivity (Wildman–Crippen MR) is 160 cm³/mol. The number of hydrogen-bond donors (Lipinski definition) is 2. The summed E-state index contributed by atoms with van der Waals surface area (Å²) in [6.07, 6.45) is 3.40. The van der Waals surface area contributed by atoms with Crippen LogP contribution in [0.15, 0.2) is 65.6 Å². The number of rotatable bonds is 10. The lowest BCUT2D eigenvalue weighted by molar-refractivity contribution is 0.0893. The molecule has 8 nitrogen and oxygen atoms in total. The highest BCUT2D eigenvalue weighted by Crippen LogP contribution is 2.37. The number of piperidine rings is 1. The Morgan fingerprint density at radius 3 is 2.34 bits per heavy atom. The standard InChI is InChI=1S/C32H39N3O5S/c1-21-5-12-26(13-6-21)41(37,38)34-29-17-25(10-7-22(29)2)32(36)33-28-15-16-35(19-23-8-9-23)20-27(28)24-11-14-30(39-3)31(18-24)40-4/h5-7,10-14,17-18,23,27-28,34H,8-9,15-16,19-20H2,1-4H3,(H,33,36)/t27-,28-/m1/s1. The van der Waals surface area contributed by atoms with E-state index in [2.05, 4.69) is 21.0 Å². The Kier molecular flexibility index (Phi) is 8.56. The molecule has 0 bridgehead atoms. The van der Waals surface area contributed by atoms with Gasteiger partial charge in [0.05, 0.1) is 24.8 Å². The largest absolute Gasteiger partial charge is 0.493 e. The quantitative estimate of drug-likeness (QED) is 0.347. The molecule has 1 heterocycles. The second-order valence-corrected chi connectivity index (χ2v) is 12.9. The number of carbonyl (C=O) groups excluding carboxylic acids is 1. The summed E-state index contributed by atoms with van der Waals surface area (Å²) in [5.41, 5.74) is 3.58. The molecule has 1 aliphatic heterocycles. The van der Waals surface area contributed by atoms with Gasteiger partial charge in [-0.15, -0.1) is 0 Å². The van der Waals surface area contributed by atoms with Crippen LogP contribution < -0.4 is 19.5 Å². The molecule has 3 aromatic rings. The zero-order valence-electron chi connectivity index (χ0n) is 24.1. The summed E-state index contributed by atoms with van der Waals surface area (Å²) in [5.74, 6) is 1.95. The van der Waals surface area contributed by atoms with E-state index in [1.807, 2.05) is 26.0 Å². The molecule has 41 heavy (non-hydrogen) atoms. The van der Waals surface area contributed by atoms with Crippen molar-refractivity contribution in [2.75, 3.05) is 38.6 Å². The molecule has 2 fully saturated rings. The number of anilines is 1. The third kappa shape index (κ3) is 6.85. The summed E-state index contributed by atoms with van der Waals surface area (Å²) in [5, 5.41) is 3.27. The molecule has 1 saturated carbocycles. The molecule has 3 aromatic carbocycles. The maximum atomic E-state index is 13.6. The molecule has 2 aliphatic rings. The summed E-state index contributed by atoms with van der Waals surface area (Å²) in [7, 11) is -0.551. The SMILES string of the molecule is COc1ccc([C@H]2CN(CC3CC3)CC[C@H]2NC(=O)c2ccc(C)c(NS(=O)(=O)c3ccc(C)cc3)c2)cc1OC. The first-order chi connectivity index (χ1) is 19.7. The first-order valence-corrected chi connectivity index (χ1v) is 15.6. The lowest BCUT2D eigenvalue weighted by Gasteiger charge is -2.39. The highest BCUT2D eigenvalue weighted by molar-refractivity contribution is 7.92. The molecule has 218 valence electrons. The number of likely N-dealkylation sites (tertiary alicyclic amines) is 1. The Balaban J connectivity index is 1.36. The minimum absolute atomic E-state index is 0.0659. The summed E-state index contributed by atoms with van der Waals surface area (Å²) in [4.78, 5) is 16.3. The van der Waals surface area contributed by atoms with Crippen LogP contribution in [0.5, 0.6) is 11.5 Å². The van der Waals surface area contributed by atoms with Gasteiger partial charge in [-0.3, -0.25) is 9.52 Å². The van der Waals surface area contributed by atoms with Crippen molar-refractivity contribution in [2.24, 2.45) is 5.92 Å². The summed E-state index contributed by atoms with van der Waals surface area (Å²) in [6.45, 7) is 6.57. The monoisotopic (exact) mass is 577 g/mol. The van der Waals surface area contributed by atoms with Crippen molar-refractivity contribution in [3.05, 3.63) is 82.9 Å². The van der Waals surface area contributed by atoms with E-state index in [1.54, 1.807) is 56.7 Å². The van der Waals surface area contributed by atoms with Crippen LogP contribution in [0.1, 0.15) is 52.2 Å². The van der Waals surface area contributed by atoms with Gasteiger partial charge in [0, 0.05) is 37.2 Å². The van der Waals surface area contributed by atoms with Crippen molar-refractivity contribution in [2.45, 2.75) is 50.0 Å². The van der Waals surface area contributed by atoms with Crippen molar-refractivity contribution in [1.29, 1.82) is 0 Å². The van der Waals surface area contributed by atoms with Gasteiger partial charge in [-0.1, -0.05) is 29.8 Å². The highest BCUT2D eigenvalue weighted by atomic mass is 32.2. The predicted octanol–water partition coefficient (Wildman–Crippen LogP) is 5.12. The minimum atomic E-state index is -3.80. The summed E-state index contributed by atoms with van der Waals surface area (Å²) < 4.78 is 39.8.